The van der Waals surface area contributed by atoms with Crippen molar-refractivity contribution >= 4 is 5.91 Å². The molecule has 28 heavy (non-hydrogen) atoms. The molecule has 0 aliphatic carbocycles. The molecule has 2 saturated heterocycles. The topological polar surface area (TPSA) is 41.6 Å². The SMILES string of the molecule is CC(=O)NCCC1CCOC2(CCN(Cc3ccc(C(F)(F)F)cc3)CC2)C1. The van der Waals surface area contributed by atoms with E-state index in [1.807, 2.05) is 0 Å². The first-order valence-corrected chi connectivity index (χ1v) is 10.0. The summed E-state index contributed by atoms with van der Waals surface area (Å²) in [6.07, 6.45) is 0.663. The number of ether oxygens (including phenoxy) is 1. The van der Waals surface area contributed by atoms with E-state index in [9.17, 15) is 18.0 Å². The van der Waals surface area contributed by atoms with Gasteiger partial charge in [0.1, 0.15) is 0 Å². The molecule has 1 aromatic rings. The Labute approximate surface area is 164 Å². The number of carbonyl (C=O) groups is 1. The van der Waals surface area contributed by atoms with Crippen LogP contribution in [0.4, 0.5) is 13.2 Å². The lowest BCUT2D eigenvalue weighted by Crippen LogP contribution is -2.49. The summed E-state index contributed by atoms with van der Waals surface area (Å²) in [5.41, 5.74) is 0.229. The Morgan fingerprint density at radius 3 is 2.54 bits per heavy atom. The normalized spacial score (nSPS) is 22.9. The third kappa shape index (κ3) is 5.70. The van der Waals surface area contributed by atoms with Crippen LogP contribution in [-0.2, 0) is 22.3 Å². The summed E-state index contributed by atoms with van der Waals surface area (Å²) >= 11 is 0. The Balaban J connectivity index is 1.47. The van der Waals surface area contributed by atoms with E-state index in [0.29, 0.717) is 12.5 Å². The predicted octanol–water partition coefficient (Wildman–Crippen LogP) is 3.99. The van der Waals surface area contributed by atoms with Crippen LogP contribution in [0.15, 0.2) is 24.3 Å². The zero-order valence-electron chi connectivity index (χ0n) is 16.4. The lowest BCUT2D eigenvalue weighted by Gasteiger charge is -2.46. The van der Waals surface area contributed by atoms with Gasteiger partial charge in [-0.2, -0.15) is 13.2 Å². The maximum absolute atomic E-state index is 12.7. The minimum atomic E-state index is -4.29. The van der Waals surface area contributed by atoms with Crippen LogP contribution in [0.2, 0.25) is 0 Å². The molecule has 2 fully saturated rings. The highest BCUT2D eigenvalue weighted by atomic mass is 19.4. The molecule has 156 valence electrons. The van der Waals surface area contributed by atoms with Gasteiger partial charge in [0, 0.05) is 39.7 Å². The van der Waals surface area contributed by atoms with Crippen molar-refractivity contribution in [1.29, 1.82) is 0 Å². The first-order valence-electron chi connectivity index (χ1n) is 10.0. The fraction of sp³-hybridized carbons (Fsp3) is 0.667. The third-order valence-corrected chi connectivity index (χ3v) is 5.98. The van der Waals surface area contributed by atoms with Crippen LogP contribution in [0.3, 0.4) is 0 Å². The first kappa shape index (κ1) is 21.1. The Morgan fingerprint density at radius 1 is 1.25 bits per heavy atom. The van der Waals surface area contributed by atoms with Gasteiger partial charge in [0.25, 0.3) is 0 Å². The third-order valence-electron chi connectivity index (χ3n) is 5.98. The van der Waals surface area contributed by atoms with Gasteiger partial charge in [-0.25, -0.2) is 0 Å². The van der Waals surface area contributed by atoms with E-state index in [1.165, 1.54) is 6.92 Å². The number of carbonyl (C=O) groups excluding carboxylic acids is 1. The van der Waals surface area contributed by atoms with Gasteiger partial charge in [0.05, 0.1) is 11.2 Å². The van der Waals surface area contributed by atoms with Gasteiger partial charge >= 0.3 is 6.18 Å². The number of piperidine rings is 1. The Morgan fingerprint density at radius 2 is 1.93 bits per heavy atom. The average molecular weight is 398 g/mol. The van der Waals surface area contributed by atoms with Crippen LogP contribution in [0.1, 0.15) is 50.2 Å². The number of nitrogens with zero attached hydrogens (tertiary/aromatic N) is 1. The molecule has 3 rings (SSSR count). The molecular weight excluding hydrogens is 369 g/mol. The molecule has 1 atom stereocenters. The van der Waals surface area contributed by atoms with Crippen molar-refractivity contribution in [2.45, 2.75) is 57.3 Å². The van der Waals surface area contributed by atoms with E-state index in [1.54, 1.807) is 12.1 Å². The van der Waals surface area contributed by atoms with E-state index in [2.05, 4.69) is 10.2 Å². The van der Waals surface area contributed by atoms with Gasteiger partial charge in [0.2, 0.25) is 5.91 Å². The standard InChI is InChI=1S/C21H29F3N2O2/c1-16(27)25-10-6-17-7-13-28-20(14-17)8-11-26(12-9-20)15-18-2-4-19(5-3-18)21(22,23)24/h2-5,17H,6-15H2,1H3,(H,25,27). The Hall–Kier alpha value is -1.60. The second kappa shape index (κ2) is 8.82. The number of hydrogen-bond acceptors (Lipinski definition) is 3. The number of nitrogens with one attached hydrogen (secondary N) is 1. The summed E-state index contributed by atoms with van der Waals surface area (Å²) < 4.78 is 44.2. The molecule has 1 spiro atoms. The molecule has 2 aliphatic heterocycles. The number of hydrogen-bond donors (Lipinski definition) is 1. The summed E-state index contributed by atoms with van der Waals surface area (Å²) in [4.78, 5) is 13.3. The molecule has 0 saturated carbocycles. The highest BCUT2D eigenvalue weighted by Crippen LogP contribution is 2.39. The van der Waals surface area contributed by atoms with Crippen molar-refractivity contribution in [3.05, 3.63) is 35.4 Å². The smallest absolute Gasteiger partial charge is 0.375 e. The summed E-state index contributed by atoms with van der Waals surface area (Å²) in [5.74, 6) is 0.584. The summed E-state index contributed by atoms with van der Waals surface area (Å²) in [5, 5.41) is 2.87. The highest BCUT2D eigenvalue weighted by molar-refractivity contribution is 5.72. The molecule has 4 nitrogen and oxygen atoms in total. The molecule has 1 N–H and O–H groups in total. The number of benzene rings is 1. The molecule has 0 bridgehead atoms. The van der Waals surface area contributed by atoms with Crippen LogP contribution >= 0.6 is 0 Å². The predicted molar refractivity (Wildman–Crippen MR) is 101 cm³/mol. The quantitative estimate of drug-likeness (QED) is 0.815. The van der Waals surface area contributed by atoms with Gasteiger partial charge in [-0.1, -0.05) is 12.1 Å². The Kier molecular flexibility index (Phi) is 6.65. The number of likely N-dealkylation sites (tertiary alicyclic amines) is 1. The van der Waals surface area contributed by atoms with Crippen LogP contribution < -0.4 is 5.32 Å². The van der Waals surface area contributed by atoms with E-state index in [4.69, 9.17) is 4.74 Å². The Bertz CT molecular complexity index is 653. The monoisotopic (exact) mass is 398 g/mol. The van der Waals surface area contributed by atoms with Crippen LogP contribution in [0, 0.1) is 5.92 Å². The van der Waals surface area contributed by atoms with Crippen LogP contribution in [0.25, 0.3) is 0 Å². The van der Waals surface area contributed by atoms with Gasteiger partial charge in [0.15, 0.2) is 0 Å². The van der Waals surface area contributed by atoms with Gasteiger partial charge in [-0.05, 0) is 55.7 Å². The highest BCUT2D eigenvalue weighted by Gasteiger charge is 2.40. The van der Waals surface area contributed by atoms with Crippen molar-refractivity contribution in [3.8, 4) is 0 Å². The van der Waals surface area contributed by atoms with E-state index >= 15 is 0 Å². The summed E-state index contributed by atoms with van der Waals surface area (Å²) in [6.45, 7) is 5.47. The molecule has 0 radical (unpaired) electrons. The zero-order chi connectivity index (χ0) is 20.2. The van der Waals surface area contributed by atoms with Gasteiger partial charge in [-0.3, -0.25) is 9.69 Å². The maximum atomic E-state index is 12.7. The number of halogens is 3. The number of alkyl halides is 3. The van der Waals surface area contributed by atoms with Crippen molar-refractivity contribution < 1.29 is 22.7 Å². The fourth-order valence-electron chi connectivity index (χ4n) is 4.35. The molecule has 1 unspecified atom stereocenters. The molecule has 7 heteroatoms. The largest absolute Gasteiger partial charge is 0.416 e. The van der Waals surface area contributed by atoms with Crippen LogP contribution in [0.5, 0.6) is 0 Å². The number of rotatable bonds is 5. The lowest BCUT2D eigenvalue weighted by atomic mass is 9.78. The van der Waals surface area contributed by atoms with Crippen molar-refractivity contribution in [1.82, 2.24) is 10.2 Å². The molecule has 2 heterocycles. The molecule has 1 aromatic carbocycles. The first-order chi connectivity index (χ1) is 13.3. The van der Waals surface area contributed by atoms with Crippen molar-refractivity contribution in [3.63, 3.8) is 0 Å². The van der Waals surface area contributed by atoms with Crippen molar-refractivity contribution in [2.75, 3.05) is 26.2 Å². The van der Waals surface area contributed by atoms with Crippen LogP contribution in [-0.4, -0.2) is 42.6 Å². The van der Waals surface area contributed by atoms with Gasteiger partial charge in [-0.15, -0.1) is 0 Å². The molecule has 0 aromatic heterocycles. The lowest BCUT2D eigenvalue weighted by molar-refractivity contribution is -0.137. The van der Waals surface area contributed by atoms with Gasteiger partial charge < -0.3 is 10.1 Å². The summed E-state index contributed by atoms with van der Waals surface area (Å²) in [7, 11) is 0. The fourth-order valence-corrected chi connectivity index (χ4v) is 4.35. The minimum Gasteiger partial charge on any atom is -0.375 e. The molecule has 2 aliphatic rings. The number of amides is 1. The van der Waals surface area contributed by atoms with E-state index in [0.717, 1.165) is 76.0 Å². The average Bonchev–Trinajstić information content (AvgIpc) is 2.64. The molecule has 1 amide bonds. The minimum absolute atomic E-state index is 0.0124. The second-order valence-electron chi connectivity index (χ2n) is 8.13. The zero-order valence-corrected chi connectivity index (χ0v) is 16.4. The van der Waals surface area contributed by atoms with E-state index < -0.39 is 11.7 Å². The summed E-state index contributed by atoms with van der Waals surface area (Å²) in [6, 6.07) is 5.46. The molecular formula is C21H29F3N2O2. The van der Waals surface area contributed by atoms with Crippen molar-refractivity contribution in [2.24, 2.45) is 5.92 Å². The second-order valence-corrected chi connectivity index (χ2v) is 8.13. The van der Waals surface area contributed by atoms with E-state index in [-0.39, 0.29) is 11.5 Å². The maximum Gasteiger partial charge on any atom is 0.416 e.